The van der Waals surface area contributed by atoms with Crippen LogP contribution >= 0.6 is 11.3 Å². The normalized spacial score (nSPS) is 17.3. The van der Waals surface area contributed by atoms with Crippen LogP contribution in [-0.2, 0) is 6.54 Å². The van der Waals surface area contributed by atoms with E-state index in [1.807, 2.05) is 11.3 Å². The van der Waals surface area contributed by atoms with Crippen LogP contribution in [0.2, 0.25) is 0 Å². The minimum Gasteiger partial charge on any atom is -0.330 e. The lowest BCUT2D eigenvalue weighted by molar-refractivity contribution is 0.228. The number of nitrogens with zero attached hydrogens (tertiary/aromatic N) is 1. The molecule has 0 amide bonds. The third-order valence-electron chi connectivity index (χ3n) is 3.96. The molecule has 1 aromatic rings. The molecule has 1 aliphatic carbocycles. The zero-order chi connectivity index (χ0) is 13.7. The van der Waals surface area contributed by atoms with Crippen molar-refractivity contribution in [3.8, 4) is 0 Å². The van der Waals surface area contributed by atoms with Crippen molar-refractivity contribution in [2.75, 3.05) is 13.1 Å². The summed E-state index contributed by atoms with van der Waals surface area (Å²) >= 11 is 1.88. The fraction of sp³-hybridized carbons (Fsp3) is 0.750. The van der Waals surface area contributed by atoms with Gasteiger partial charge in [-0.05, 0) is 62.1 Å². The Balaban J connectivity index is 1.79. The molecule has 1 heterocycles. The van der Waals surface area contributed by atoms with Gasteiger partial charge in [0.15, 0.2) is 0 Å². The van der Waals surface area contributed by atoms with Crippen molar-refractivity contribution >= 4 is 11.3 Å². The van der Waals surface area contributed by atoms with E-state index < -0.39 is 0 Å². The Morgan fingerprint density at radius 3 is 2.74 bits per heavy atom. The van der Waals surface area contributed by atoms with Gasteiger partial charge in [0, 0.05) is 17.5 Å². The van der Waals surface area contributed by atoms with Crippen molar-refractivity contribution in [2.24, 2.45) is 17.6 Å². The zero-order valence-electron chi connectivity index (χ0n) is 12.3. The van der Waals surface area contributed by atoms with Crippen LogP contribution in [0.1, 0.15) is 44.4 Å². The van der Waals surface area contributed by atoms with Gasteiger partial charge in [-0.25, -0.2) is 0 Å². The monoisotopic (exact) mass is 280 g/mol. The highest BCUT2D eigenvalue weighted by atomic mass is 32.1. The molecule has 1 aliphatic rings. The van der Waals surface area contributed by atoms with E-state index in [-0.39, 0.29) is 0 Å². The van der Waals surface area contributed by atoms with Crippen LogP contribution < -0.4 is 5.73 Å². The van der Waals surface area contributed by atoms with Crippen molar-refractivity contribution in [1.82, 2.24) is 4.90 Å². The molecule has 0 saturated heterocycles. The van der Waals surface area contributed by atoms with Crippen molar-refractivity contribution in [3.05, 3.63) is 22.4 Å². The molecular weight excluding hydrogens is 252 g/mol. The Bertz CT molecular complexity index is 344. The average Bonchev–Trinajstić information content (AvgIpc) is 3.10. The highest BCUT2D eigenvalue weighted by molar-refractivity contribution is 7.09. The van der Waals surface area contributed by atoms with E-state index in [1.54, 1.807) is 0 Å². The molecule has 2 N–H and O–H groups in total. The van der Waals surface area contributed by atoms with Crippen LogP contribution in [0.25, 0.3) is 0 Å². The van der Waals surface area contributed by atoms with Crippen LogP contribution in [0.5, 0.6) is 0 Å². The molecule has 19 heavy (non-hydrogen) atoms. The van der Waals surface area contributed by atoms with Gasteiger partial charge in [-0.1, -0.05) is 19.9 Å². The van der Waals surface area contributed by atoms with E-state index in [2.05, 4.69) is 36.3 Å². The molecule has 2 rings (SSSR count). The summed E-state index contributed by atoms with van der Waals surface area (Å²) in [5.41, 5.74) is 5.92. The molecule has 108 valence electrons. The van der Waals surface area contributed by atoms with E-state index in [0.717, 1.165) is 25.0 Å². The minimum atomic E-state index is 0.699. The molecule has 0 radical (unpaired) electrons. The summed E-state index contributed by atoms with van der Waals surface area (Å²) in [7, 11) is 0. The molecule has 1 atom stereocenters. The second-order valence-corrected chi connectivity index (χ2v) is 7.33. The van der Waals surface area contributed by atoms with Gasteiger partial charge in [0.2, 0.25) is 0 Å². The zero-order valence-corrected chi connectivity index (χ0v) is 13.2. The topological polar surface area (TPSA) is 29.3 Å². The maximum absolute atomic E-state index is 5.92. The highest BCUT2D eigenvalue weighted by Gasteiger charge is 2.29. The summed E-state index contributed by atoms with van der Waals surface area (Å²) in [5.74, 6) is 1.46. The Morgan fingerprint density at radius 2 is 2.21 bits per heavy atom. The molecule has 1 aromatic heterocycles. The van der Waals surface area contributed by atoms with Crippen molar-refractivity contribution in [1.29, 1.82) is 0 Å². The summed E-state index contributed by atoms with van der Waals surface area (Å²) in [4.78, 5) is 4.18. The molecule has 1 fully saturated rings. The Kier molecular flexibility index (Phi) is 5.86. The summed E-state index contributed by atoms with van der Waals surface area (Å²) in [6.07, 6.45) is 5.32. The second-order valence-electron chi connectivity index (χ2n) is 6.30. The summed E-state index contributed by atoms with van der Waals surface area (Å²) < 4.78 is 0. The van der Waals surface area contributed by atoms with Gasteiger partial charge >= 0.3 is 0 Å². The van der Waals surface area contributed by atoms with Gasteiger partial charge in [0.1, 0.15) is 0 Å². The molecule has 0 aliphatic heterocycles. The van der Waals surface area contributed by atoms with Gasteiger partial charge in [-0.2, -0.15) is 0 Å². The predicted molar refractivity (Wildman–Crippen MR) is 84.4 cm³/mol. The van der Waals surface area contributed by atoms with E-state index >= 15 is 0 Å². The predicted octanol–water partition coefficient (Wildman–Crippen LogP) is 3.72. The summed E-state index contributed by atoms with van der Waals surface area (Å²) in [6, 6.07) is 5.26. The molecule has 1 saturated carbocycles. The molecular formula is C16H28N2S. The van der Waals surface area contributed by atoms with Crippen molar-refractivity contribution in [2.45, 2.75) is 52.1 Å². The van der Waals surface area contributed by atoms with Gasteiger partial charge in [-0.3, -0.25) is 4.90 Å². The van der Waals surface area contributed by atoms with Crippen LogP contribution in [0.3, 0.4) is 0 Å². The lowest BCUT2D eigenvalue weighted by Crippen LogP contribution is -2.29. The van der Waals surface area contributed by atoms with Crippen LogP contribution in [0, 0.1) is 11.8 Å². The number of hydrogen-bond donors (Lipinski definition) is 1. The van der Waals surface area contributed by atoms with Crippen LogP contribution in [0.15, 0.2) is 17.5 Å². The molecule has 0 aromatic carbocycles. The summed E-state index contributed by atoms with van der Waals surface area (Å²) in [6.45, 7) is 7.80. The van der Waals surface area contributed by atoms with E-state index in [4.69, 9.17) is 5.73 Å². The Labute approximate surface area is 122 Å². The summed E-state index contributed by atoms with van der Waals surface area (Å²) in [5, 5.41) is 2.18. The SMILES string of the molecule is CC(C)CC(CN)CCN(Cc1cccs1)C1CC1. The first-order valence-corrected chi connectivity index (χ1v) is 8.53. The first kappa shape index (κ1) is 15.0. The van der Waals surface area contributed by atoms with Gasteiger partial charge in [0.05, 0.1) is 0 Å². The fourth-order valence-corrected chi connectivity index (χ4v) is 3.51. The Hall–Kier alpha value is -0.380. The molecule has 0 spiro atoms. The number of thiophene rings is 1. The maximum Gasteiger partial charge on any atom is 0.0330 e. The standard InChI is InChI=1S/C16H28N2S/c1-13(2)10-14(11-17)7-8-18(15-5-6-15)12-16-4-3-9-19-16/h3-4,9,13-15H,5-8,10-12,17H2,1-2H3. The van der Waals surface area contributed by atoms with Crippen LogP contribution in [-0.4, -0.2) is 24.0 Å². The average molecular weight is 280 g/mol. The Morgan fingerprint density at radius 1 is 1.42 bits per heavy atom. The van der Waals surface area contributed by atoms with Crippen molar-refractivity contribution in [3.63, 3.8) is 0 Å². The largest absolute Gasteiger partial charge is 0.330 e. The van der Waals surface area contributed by atoms with Crippen LogP contribution in [0.4, 0.5) is 0 Å². The van der Waals surface area contributed by atoms with Gasteiger partial charge in [-0.15, -0.1) is 11.3 Å². The first-order chi connectivity index (χ1) is 9.19. The lowest BCUT2D eigenvalue weighted by Gasteiger charge is -2.25. The third kappa shape index (κ3) is 5.25. The lowest BCUT2D eigenvalue weighted by atomic mass is 9.94. The minimum absolute atomic E-state index is 0.699. The number of nitrogens with two attached hydrogens (primary N) is 1. The number of rotatable bonds is 9. The molecule has 0 bridgehead atoms. The van der Waals surface area contributed by atoms with E-state index in [0.29, 0.717) is 5.92 Å². The van der Waals surface area contributed by atoms with Crippen molar-refractivity contribution < 1.29 is 0 Å². The van der Waals surface area contributed by atoms with E-state index in [1.165, 1.54) is 37.1 Å². The highest BCUT2D eigenvalue weighted by Crippen LogP contribution is 2.30. The molecule has 2 nitrogen and oxygen atoms in total. The quantitative estimate of drug-likeness (QED) is 0.747. The molecule has 1 unspecified atom stereocenters. The first-order valence-electron chi connectivity index (χ1n) is 7.65. The second kappa shape index (κ2) is 7.41. The van der Waals surface area contributed by atoms with E-state index in [9.17, 15) is 0 Å². The van der Waals surface area contributed by atoms with Gasteiger partial charge in [0.25, 0.3) is 0 Å². The smallest absolute Gasteiger partial charge is 0.0330 e. The number of hydrogen-bond acceptors (Lipinski definition) is 3. The maximum atomic E-state index is 5.92. The third-order valence-corrected chi connectivity index (χ3v) is 4.83. The fourth-order valence-electron chi connectivity index (χ4n) is 2.78. The molecule has 3 heteroatoms. The van der Waals surface area contributed by atoms with Gasteiger partial charge < -0.3 is 5.73 Å².